The molecule has 0 amide bonds. The van der Waals surface area contributed by atoms with E-state index in [1.54, 1.807) is 32.4 Å². The maximum Gasteiger partial charge on any atom is 0.177 e. The molecule has 3 rings (SSSR count). The number of phenols is 1. The van der Waals surface area contributed by atoms with E-state index < -0.39 is 5.92 Å². The Morgan fingerprint density at radius 1 is 1.09 bits per heavy atom. The van der Waals surface area contributed by atoms with Crippen LogP contribution in [0.1, 0.15) is 21.8 Å². The summed E-state index contributed by atoms with van der Waals surface area (Å²) in [5.41, 5.74) is 1.28. The number of carbonyl (C=O) groups is 1. The average Bonchev–Trinajstić information content (AvgIpc) is 2.54. The Balaban J connectivity index is 1.97. The Kier molecular flexibility index (Phi) is 3.63. The molecule has 0 fully saturated rings. The highest BCUT2D eigenvalue weighted by Gasteiger charge is 2.30. The van der Waals surface area contributed by atoms with E-state index in [2.05, 4.69) is 0 Å². The first-order valence-corrected chi connectivity index (χ1v) is 6.86. The fraction of sp³-hybridized carbons (Fsp3) is 0.235. The van der Waals surface area contributed by atoms with Crippen LogP contribution in [-0.4, -0.2) is 31.7 Å². The lowest BCUT2D eigenvalue weighted by Gasteiger charge is -2.25. The zero-order valence-electron chi connectivity index (χ0n) is 12.3. The molecule has 1 atom stereocenters. The summed E-state index contributed by atoms with van der Waals surface area (Å²) in [6, 6.07) is 9.91. The highest BCUT2D eigenvalue weighted by Crippen LogP contribution is 2.37. The number of hydrogen-bond acceptors (Lipinski definition) is 5. The summed E-state index contributed by atoms with van der Waals surface area (Å²) in [5.74, 6) is 1.24. The minimum absolute atomic E-state index is 0.0338. The van der Waals surface area contributed by atoms with Gasteiger partial charge in [0.05, 0.1) is 25.7 Å². The van der Waals surface area contributed by atoms with E-state index in [0.29, 0.717) is 22.8 Å². The molecule has 2 aromatic rings. The Morgan fingerprint density at radius 3 is 2.59 bits per heavy atom. The molecule has 2 aromatic carbocycles. The van der Waals surface area contributed by atoms with Gasteiger partial charge in [0.15, 0.2) is 17.3 Å². The number of ether oxygens (including phenoxy) is 3. The summed E-state index contributed by atoms with van der Waals surface area (Å²) in [6.45, 7) is 0.227. The summed E-state index contributed by atoms with van der Waals surface area (Å²) in [5, 5.41) is 9.46. The van der Waals surface area contributed by atoms with Crippen molar-refractivity contribution in [3.05, 3.63) is 47.5 Å². The summed E-state index contributed by atoms with van der Waals surface area (Å²) < 4.78 is 16.1. The van der Waals surface area contributed by atoms with Crippen LogP contribution in [0.4, 0.5) is 0 Å². The number of fused-ring (bicyclic) bond motifs is 1. The predicted octanol–water partition coefficient (Wildman–Crippen LogP) is 2.77. The number of benzene rings is 2. The third kappa shape index (κ3) is 2.35. The van der Waals surface area contributed by atoms with Gasteiger partial charge >= 0.3 is 0 Å². The van der Waals surface area contributed by atoms with Gasteiger partial charge in [0, 0.05) is 6.07 Å². The van der Waals surface area contributed by atoms with Crippen molar-refractivity contribution in [3.8, 4) is 23.0 Å². The highest BCUT2D eigenvalue weighted by molar-refractivity contribution is 6.04. The van der Waals surface area contributed by atoms with Crippen LogP contribution in [0.2, 0.25) is 0 Å². The molecule has 5 nitrogen and oxygen atoms in total. The number of ketones is 1. The number of rotatable bonds is 3. The Bertz CT molecular complexity index is 723. The van der Waals surface area contributed by atoms with E-state index in [9.17, 15) is 9.90 Å². The molecule has 0 saturated carbocycles. The smallest absolute Gasteiger partial charge is 0.177 e. The minimum atomic E-state index is -0.406. The Morgan fingerprint density at radius 2 is 1.86 bits per heavy atom. The van der Waals surface area contributed by atoms with Gasteiger partial charge in [-0.3, -0.25) is 4.79 Å². The molecule has 1 unspecified atom stereocenters. The molecular weight excluding hydrogens is 284 g/mol. The topological polar surface area (TPSA) is 65.0 Å². The largest absolute Gasteiger partial charge is 0.508 e. The summed E-state index contributed by atoms with van der Waals surface area (Å²) in [7, 11) is 3.12. The Hall–Kier alpha value is -2.69. The first-order chi connectivity index (χ1) is 10.6. The van der Waals surface area contributed by atoms with Crippen molar-refractivity contribution in [2.75, 3.05) is 20.8 Å². The second kappa shape index (κ2) is 5.60. The fourth-order valence-corrected chi connectivity index (χ4v) is 2.59. The lowest BCUT2D eigenvalue weighted by molar-refractivity contribution is 0.0896. The van der Waals surface area contributed by atoms with E-state index in [4.69, 9.17) is 14.2 Å². The van der Waals surface area contributed by atoms with Gasteiger partial charge in [-0.2, -0.15) is 0 Å². The van der Waals surface area contributed by atoms with Gasteiger partial charge in [0.2, 0.25) is 0 Å². The summed E-state index contributed by atoms with van der Waals surface area (Å²) >= 11 is 0. The number of aromatic hydroxyl groups is 1. The SMILES string of the molecule is COc1ccc(C2COc3cc(O)ccc3C2=O)cc1OC. The van der Waals surface area contributed by atoms with Gasteiger partial charge in [-0.25, -0.2) is 0 Å². The number of hydrogen-bond donors (Lipinski definition) is 1. The third-order valence-electron chi connectivity index (χ3n) is 3.76. The normalized spacial score (nSPS) is 16.6. The quantitative estimate of drug-likeness (QED) is 0.944. The van der Waals surface area contributed by atoms with Crippen LogP contribution in [0.5, 0.6) is 23.0 Å². The minimum Gasteiger partial charge on any atom is -0.508 e. The molecule has 22 heavy (non-hydrogen) atoms. The van der Waals surface area contributed by atoms with Gasteiger partial charge in [-0.15, -0.1) is 0 Å². The first kappa shape index (κ1) is 14.3. The molecule has 0 bridgehead atoms. The van der Waals surface area contributed by atoms with Crippen molar-refractivity contribution in [2.45, 2.75) is 5.92 Å². The van der Waals surface area contributed by atoms with E-state index in [0.717, 1.165) is 5.56 Å². The van der Waals surface area contributed by atoms with Crippen LogP contribution in [0.15, 0.2) is 36.4 Å². The fourth-order valence-electron chi connectivity index (χ4n) is 2.59. The van der Waals surface area contributed by atoms with Crippen molar-refractivity contribution in [1.29, 1.82) is 0 Å². The monoisotopic (exact) mass is 300 g/mol. The van der Waals surface area contributed by atoms with E-state index in [1.807, 2.05) is 6.07 Å². The molecule has 5 heteroatoms. The van der Waals surface area contributed by atoms with Crippen molar-refractivity contribution in [1.82, 2.24) is 0 Å². The summed E-state index contributed by atoms with van der Waals surface area (Å²) in [4.78, 5) is 12.6. The lowest BCUT2D eigenvalue weighted by Crippen LogP contribution is -2.26. The molecule has 0 saturated heterocycles. The zero-order valence-corrected chi connectivity index (χ0v) is 12.3. The molecule has 0 spiro atoms. The van der Waals surface area contributed by atoms with Crippen LogP contribution in [0, 0.1) is 0 Å². The van der Waals surface area contributed by atoms with E-state index in [-0.39, 0.29) is 18.1 Å². The van der Waals surface area contributed by atoms with E-state index in [1.165, 1.54) is 12.1 Å². The lowest BCUT2D eigenvalue weighted by atomic mass is 9.89. The molecule has 1 heterocycles. The van der Waals surface area contributed by atoms with Crippen LogP contribution in [-0.2, 0) is 0 Å². The van der Waals surface area contributed by atoms with Crippen molar-refractivity contribution in [2.24, 2.45) is 0 Å². The second-order valence-electron chi connectivity index (χ2n) is 5.02. The van der Waals surface area contributed by atoms with Crippen molar-refractivity contribution in [3.63, 3.8) is 0 Å². The molecule has 0 aromatic heterocycles. The van der Waals surface area contributed by atoms with Gasteiger partial charge in [0.1, 0.15) is 18.1 Å². The van der Waals surface area contributed by atoms with Gasteiger partial charge in [-0.05, 0) is 29.8 Å². The van der Waals surface area contributed by atoms with E-state index >= 15 is 0 Å². The molecule has 1 aliphatic rings. The number of Topliss-reactive ketones (excluding diaryl/α,β-unsaturated/α-hetero) is 1. The zero-order chi connectivity index (χ0) is 15.7. The molecule has 0 aliphatic carbocycles. The van der Waals surface area contributed by atoms with Gasteiger partial charge < -0.3 is 19.3 Å². The van der Waals surface area contributed by atoms with Gasteiger partial charge in [-0.1, -0.05) is 6.07 Å². The van der Waals surface area contributed by atoms with Crippen molar-refractivity contribution >= 4 is 5.78 Å². The molecule has 114 valence electrons. The Labute approximate surface area is 128 Å². The van der Waals surface area contributed by atoms with Crippen LogP contribution < -0.4 is 14.2 Å². The predicted molar refractivity (Wildman–Crippen MR) is 80.2 cm³/mol. The average molecular weight is 300 g/mol. The standard InChI is InChI=1S/C17H16O5/c1-20-14-6-3-10(7-16(14)21-2)13-9-22-15-8-11(18)4-5-12(15)17(13)19/h3-8,13,18H,9H2,1-2H3. The number of phenolic OH excluding ortho intramolecular Hbond substituents is 1. The second-order valence-corrected chi connectivity index (χ2v) is 5.02. The van der Waals surface area contributed by atoms with Crippen LogP contribution in [0.3, 0.4) is 0 Å². The maximum atomic E-state index is 12.6. The maximum absolute atomic E-state index is 12.6. The number of methoxy groups -OCH3 is 2. The third-order valence-corrected chi connectivity index (χ3v) is 3.76. The highest BCUT2D eigenvalue weighted by atomic mass is 16.5. The first-order valence-electron chi connectivity index (χ1n) is 6.86. The number of carbonyl (C=O) groups excluding carboxylic acids is 1. The van der Waals surface area contributed by atoms with Crippen LogP contribution in [0.25, 0.3) is 0 Å². The molecule has 1 N–H and O–H groups in total. The molecule has 1 aliphatic heterocycles. The van der Waals surface area contributed by atoms with Gasteiger partial charge in [0.25, 0.3) is 0 Å². The van der Waals surface area contributed by atoms with Crippen LogP contribution >= 0.6 is 0 Å². The summed E-state index contributed by atoms with van der Waals surface area (Å²) in [6.07, 6.45) is 0. The van der Waals surface area contributed by atoms with Crippen molar-refractivity contribution < 1.29 is 24.1 Å². The molecule has 0 radical (unpaired) electrons. The molecular formula is C17H16O5.